The molecule has 0 radical (unpaired) electrons. The number of fused-ring (bicyclic) bond motifs is 1. The Morgan fingerprint density at radius 2 is 2.00 bits per heavy atom. The maximum atomic E-state index is 10.8. The minimum atomic E-state index is -0.347. The van der Waals surface area contributed by atoms with E-state index in [4.69, 9.17) is 0 Å². The van der Waals surface area contributed by atoms with Crippen LogP contribution in [0.4, 0.5) is 0 Å². The van der Waals surface area contributed by atoms with Gasteiger partial charge in [0.15, 0.2) is 0 Å². The van der Waals surface area contributed by atoms with Gasteiger partial charge in [-0.15, -0.1) is 0 Å². The molecular weight excluding hydrogens is 246 g/mol. The van der Waals surface area contributed by atoms with E-state index in [1.807, 2.05) is 24.5 Å². The maximum absolute atomic E-state index is 10.8. The molecule has 1 atom stereocenters. The average molecular weight is 269 g/mol. The molecule has 1 saturated carbocycles. The molecule has 1 heterocycles. The largest absolute Gasteiger partial charge is 0.388 e. The van der Waals surface area contributed by atoms with E-state index in [0.717, 1.165) is 29.7 Å². The summed E-state index contributed by atoms with van der Waals surface area (Å²) in [6.07, 6.45) is 9.45. The van der Waals surface area contributed by atoms with Gasteiger partial charge in [-0.3, -0.25) is 4.98 Å². The Kier molecular flexibility index (Phi) is 4.02. The van der Waals surface area contributed by atoms with Gasteiger partial charge in [-0.1, -0.05) is 44.4 Å². The Morgan fingerprint density at radius 3 is 2.75 bits per heavy atom. The van der Waals surface area contributed by atoms with Crippen LogP contribution in [-0.2, 0) is 0 Å². The third-order valence-electron chi connectivity index (χ3n) is 4.95. The first-order chi connectivity index (χ1) is 9.79. The van der Waals surface area contributed by atoms with Crippen molar-refractivity contribution in [1.29, 1.82) is 0 Å². The highest BCUT2D eigenvalue weighted by molar-refractivity contribution is 5.85. The molecule has 2 aromatic rings. The second kappa shape index (κ2) is 5.92. The van der Waals surface area contributed by atoms with E-state index < -0.39 is 0 Å². The van der Waals surface area contributed by atoms with Crippen molar-refractivity contribution < 1.29 is 5.11 Å². The van der Waals surface area contributed by atoms with E-state index in [-0.39, 0.29) is 6.10 Å². The fourth-order valence-electron chi connectivity index (χ4n) is 3.56. The van der Waals surface area contributed by atoms with Crippen LogP contribution in [0.25, 0.3) is 10.8 Å². The lowest BCUT2D eigenvalue weighted by Crippen LogP contribution is -2.20. The van der Waals surface area contributed by atoms with Crippen molar-refractivity contribution in [2.45, 2.75) is 45.1 Å². The molecule has 1 aliphatic carbocycles. The third-order valence-corrected chi connectivity index (χ3v) is 4.95. The van der Waals surface area contributed by atoms with Gasteiger partial charge in [0.1, 0.15) is 0 Å². The van der Waals surface area contributed by atoms with Crippen LogP contribution in [-0.4, -0.2) is 10.1 Å². The van der Waals surface area contributed by atoms with Gasteiger partial charge in [0, 0.05) is 17.8 Å². The summed E-state index contributed by atoms with van der Waals surface area (Å²) in [4.78, 5) is 4.22. The number of aromatic nitrogens is 1. The molecule has 0 saturated heterocycles. The van der Waals surface area contributed by atoms with Crippen LogP contribution >= 0.6 is 0 Å². The summed E-state index contributed by atoms with van der Waals surface area (Å²) in [5.41, 5.74) is 1.05. The minimum Gasteiger partial charge on any atom is -0.388 e. The standard InChI is InChI=1S/C18H23NO/c1-2-13-6-8-15(9-7-13)18(20)16-5-3-4-14-10-11-19-12-17(14)16/h3-5,10-13,15,18,20H,2,6-9H2,1H3. The van der Waals surface area contributed by atoms with Crippen LogP contribution < -0.4 is 0 Å². The molecule has 1 aromatic carbocycles. The number of benzene rings is 1. The number of hydrogen-bond donors (Lipinski definition) is 1. The number of rotatable bonds is 3. The van der Waals surface area contributed by atoms with Gasteiger partial charge in [0.05, 0.1) is 6.10 Å². The molecule has 1 unspecified atom stereocenters. The SMILES string of the molecule is CCC1CCC(C(O)c2cccc3ccncc23)CC1. The van der Waals surface area contributed by atoms with Gasteiger partial charge in [-0.05, 0) is 41.7 Å². The summed E-state index contributed by atoms with van der Waals surface area (Å²) in [5.74, 6) is 1.27. The normalized spacial score (nSPS) is 24.7. The van der Waals surface area contributed by atoms with E-state index in [1.165, 1.54) is 24.6 Å². The summed E-state index contributed by atoms with van der Waals surface area (Å²) in [7, 11) is 0. The van der Waals surface area contributed by atoms with Gasteiger partial charge >= 0.3 is 0 Å². The van der Waals surface area contributed by atoms with Crippen molar-refractivity contribution >= 4 is 10.8 Å². The average Bonchev–Trinajstić information content (AvgIpc) is 2.54. The lowest BCUT2D eigenvalue weighted by atomic mass is 9.76. The summed E-state index contributed by atoms with van der Waals surface area (Å²) in [6, 6.07) is 8.19. The van der Waals surface area contributed by atoms with Crippen LogP contribution in [0, 0.1) is 11.8 Å². The quantitative estimate of drug-likeness (QED) is 0.891. The zero-order chi connectivity index (χ0) is 13.9. The topological polar surface area (TPSA) is 33.1 Å². The Labute approximate surface area is 120 Å². The van der Waals surface area contributed by atoms with Crippen LogP contribution in [0.3, 0.4) is 0 Å². The Morgan fingerprint density at radius 1 is 1.20 bits per heavy atom. The van der Waals surface area contributed by atoms with Gasteiger partial charge in [0.25, 0.3) is 0 Å². The van der Waals surface area contributed by atoms with Crippen molar-refractivity contribution in [3.63, 3.8) is 0 Å². The van der Waals surface area contributed by atoms with Crippen molar-refractivity contribution in [3.8, 4) is 0 Å². The second-order valence-corrected chi connectivity index (χ2v) is 6.08. The monoisotopic (exact) mass is 269 g/mol. The Bertz CT molecular complexity index is 567. The van der Waals surface area contributed by atoms with Crippen molar-refractivity contribution in [1.82, 2.24) is 4.98 Å². The first-order valence-electron chi connectivity index (χ1n) is 7.80. The van der Waals surface area contributed by atoms with E-state index in [2.05, 4.69) is 24.0 Å². The number of pyridine rings is 1. The molecule has 2 nitrogen and oxygen atoms in total. The lowest BCUT2D eigenvalue weighted by molar-refractivity contribution is 0.0740. The van der Waals surface area contributed by atoms with Gasteiger partial charge in [-0.25, -0.2) is 0 Å². The first-order valence-corrected chi connectivity index (χ1v) is 7.80. The van der Waals surface area contributed by atoms with Crippen LogP contribution in [0.2, 0.25) is 0 Å². The minimum absolute atomic E-state index is 0.347. The number of aliphatic hydroxyl groups excluding tert-OH is 1. The predicted molar refractivity (Wildman–Crippen MR) is 82.4 cm³/mol. The van der Waals surface area contributed by atoms with E-state index in [9.17, 15) is 5.11 Å². The molecule has 0 aliphatic heterocycles. The van der Waals surface area contributed by atoms with Crippen LogP contribution in [0.15, 0.2) is 36.7 Å². The molecule has 1 aliphatic rings. The summed E-state index contributed by atoms with van der Waals surface area (Å²) in [6.45, 7) is 2.28. The molecular formula is C18H23NO. The van der Waals surface area contributed by atoms with E-state index >= 15 is 0 Å². The fraction of sp³-hybridized carbons (Fsp3) is 0.500. The molecule has 1 fully saturated rings. The Hall–Kier alpha value is -1.41. The number of nitrogens with zero attached hydrogens (tertiary/aromatic N) is 1. The molecule has 1 N–H and O–H groups in total. The lowest BCUT2D eigenvalue weighted by Gasteiger charge is -2.31. The smallest absolute Gasteiger partial charge is 0.0824 e. The first kappa shape index (κ1) is 13.6. The summed E-state index contributed by atoms with van der Waals surface area (Å²) < 4.78 is 0. The zero-order valence-corrected chi connectivity index (χ0v) is 12.1. The summed E-state index contributed by atoms with van der Waals surface area (Å²) in [5, 5.41) is 13.0. The molecule has 0 amide bonds. The molecule has 2 heteroatoms. The predicted octanol–water partition coefficient (Wildman–Crippen LogP) is 4.48. The van der Waals surface area contributed by atoms with Gasteiger partial charge < -0.3 is 5.11 Å². The number of aliphatic hydroxyl groups is 1. The van der Waals surface area contributed by atoms with Gasteiger partial charge in [-0.2, -0.15) is 0 Å². The second-order valence-electron chi connectivity index (χ2n) is 6.08. The molecule has 0 bridgehead atoms. The highest BCUT2D eigenvalue weighted by Crippen LogP contribution is 2.39. The molecule has 3 rings (SSSR count). The van der Waals surface area contributed by atoms with E-state index in [0.29, 0.717) is 5.92 Å². The highest BCUT2D eigenvalue weighted by atomic mass is 16.3. The van der Waals surface area contributed by atoms with Crippen LogP contribution in [0.5, 0.6) is 0 Å². The van der Waals surface area contributed by atoms with Gasteiger partial charge in [0.2, 0.25) is 0 Å². The highest BCUT2D eigenvalue weighted by Gasteiger charge is 2.27. The molecule has 1 aromatic heterocycles. The summed E-state index contributed by atoms with van der Waals surface area (Å²) >= 11 is 0. The molecule has 106 valence electrons. The van der Waals surface area contributed by atoms with Crippen molar-refractivity contribution in [3.05, 3.63) is 42.2 Å². The van der Waals surface area contributed by atoms with Crippen molar-refractivity contribution in [2.75, 3.05) is 0 Å². The third kappa shape index (κ3) is 2.57. The van der Waals surface area contributed by atoms with Crippen LogP contribution in [0.1, 0.15) is 50.7 Å². The fourth-order valence-corrected chi connectivity index (χ4v) is 3.56. The van der Waals surface area contributed by atoms with Crippen molar-refractivity contribution in [2.24, 2.45) is 11.8 Å². The maximum Gasteiger partial charge on any atom is 0.0824 e. The van der Waals surface area contributed by atoms with E-state index in [1.54, 1.807) is 0 Å². The Balaban J connectivity index is 1.84. The molecule has 0 spiro atoms. The number of hydrogen-bond acceptors (Lipinski definition) is 2. The zero-order valence-electron chi connectivity index (χ0n) is 12.1. The molecule has 20 heavy (non-hydrogen) atoms.